The molecule has 77 heavy (non-hydrogen) atoms. The quantitative estimate of drug-likeness (QED) is 0.0260. The van der Waals surface area contributed by atoms with Gasteiger partial charge in [0.15, 0.2) is 0 Å². The van der Waals surface area contributed by atoms with Gasteiger partial charge in [-0.3, -0.25) is 19.4 Å². The van der Waals surface area contributed by atoms with Crippen molar-refractivity contribution in [2.24, 2.45) is 0 Å². The summed E-state index contributed by atoms with van der Waals surface area (Å²) in [6.07, 6.45) is 19.4. The Morgan fingerprint density at radius 2 is 1.14 bits per heavy atom. The normalized spacial score (nSPS) is 14.5. The zero-order valence-corrected chi connectivity index (χ0v) is 46.5. The minimum Gasteiger partial charge on any atom is -0.478 e. The van der Waals surface area contributed by atoms with E-state index in [2.05, 4.69) is 110 Å². The van der Waals surface area contributed by atoms with Crippen molar-refractivity contribution in [2.45, 2.75) is 70.6 Å². The zero-order chi connectivity index (χ0) is 53.9. The number of carboxylic acid groups (broad SMARTS) is 1. The molecule has 0 spiro atoms. The third-order valence-corrected chi connectivity index (χ3v) is 14.3. The van der Waals surface area contributed by atoms with Crippen LogP contribution in [0.5, 0.6) is 0 Å². The number of para-hydroxylation sites is 2. The standard InChI is InChI=1S/C30H33ClN6O.C24H24Cl2N6.C4H5BrO2/c1-2-3-4-9-28(38)34-22-12-10-21(11-13-22)20-37-16-14-23(15-17-37)35-30-33-19-26(31)29(36-30)25-18-32-27-8-6-5-7-24(25)27;25-21-14-28-24(30-23(21)20-13-27-22-4-2-1-3-19(20)22)29-17-9-11-32(12-10-17)15-16-5-7-18(31-26)8-6-16;5-3-1-2-4(6)7/h4-13,18-19,23,32H,2-3,14-17,20H2,1H3,(H,34,38)(H,33,35,36);1-8,13-14,17,27,31H,9-12,15H2,(H,28,29,30);1-2H,3H2,(H,6,7)/b9-4+;;2-1+. The van der Waals surface area contributed by atoms with Gasteiger partial charge in [-0.05, 0) is 85.7 Å². The van der Waals surface area contributed by atoms with Gasteiger partial charge in [0, 0.05) is 131 Å². The maximum Gasteiger partial charge on any atom is 0.328 e. The van der Waals surface area contributed by atoms with E-state index in [-0.39, 0.29) is 5.91 Å². The summed E-state index contributed by atoms with van der Waals surface area (Å²) in [5.41, 5.74) is 9.81. The summed E-state index contributed by atoms with van der Waals surface area (Å²) in [5, 5.41) is 21.8. The highest BCUT2D eigenvalue weighted by Crippen LogP contribution is 2.34. The van der Waals surface area contributed by atoms with E-state index in [1.165, 1.54) is 17.2 Å². The first-order valence-corrected chi connectivity index (χ1v) is 27.9. The number of allylic oxidation sites excluding steroid dienone is 2. The summed E-state index contributed by atoms with van der Waals surface area (Å²) in [6.45, 7) is 7.95. The van der Waals surface area contributed by atoms with Crippen LogP contribution in [0.25, 0.3) is 44.3 Å². The smallest absolute Gasteiger partial charge is 0.328 e. The van der Waals surface area contributed by atoms with E-state index in [4.69, 9.17) is 50.1 Å². The molecule has 2 aliphatic rings. The highest BCUT2D eigenvalue weighted by molar-refractivity contribution is 9.09. The number of anilines is 4. The van der Waals surface area contributed by atoms with Gasteiger partial charge in [0.05, 0.1) is 33.8 Å². The Bertz CT molecular complexity index is 3240. The van der Waals surface area contributed by atoms with Crippen molar-refractivity contribution in [3.05, 3.63) is 167 Å². The molecule has 400 valence electrons. The van der Waals surface area contributed by atoms with E-state index in [9.17, 15) is 9.59 Å². The van der Waals surface area contributed by atoms with Crippen LogP contribution in [-0.4, -0.2) is 100 Å². The Labute approximate surface area is 472 Å². The highest BCUT2D eigenvalue weighted by atomic mass is 79.9. The lowest BCUT2D eigenvalue weighted by atomic mass is 10.0. The fourth-order valence-electron chi connectivity index (χ4n) is 9.19. The lowest BCUT2D eigenvalue weighted by Crippen LogP contribution is -2.39. The van der Waals surface area contributed by atoms with Crippen molar-refractivity contribution in [1.82, 2.24) is 39.7 Å². The number of H-pyrrole nitrogens is 2. The first kappa shape index (κ1) is 56.4. The van der Waals surface area contributed by atoms with E-state index >= 15 is 0 Å². The molecule has 1 amide bonds. The number of carboxylic acids is 1. The molecule has 10 rings (SSSR count). The van der Waals surface area contributed by atoms with Crippen LogP contribution in [0.2, 0.25) is 10.0 Å². The molecule has 7 N–H and O–H groups in total. The Morgan fingerprint density at radius 1 is 0.675 bits per heavy atom. The number of aromatic nitrogens is 6. The van der Waals surface area contributed by atoms with Crippen molar-refractivity contribution in [1.29, 1.82) is 0 Å². The average molecular weight is 1160 g/mol. The topological polar surface area (TPSA) is 192 Å². The van der Waals surface area contributed by atoms with Crippen molar-refractivity contribution < 1.29 is 14.7 Å². The number of fused-ring (bicyclic) bond motifs is 2. The van der Waals surface area contributed by atoms with Crippen molar-refractivity contribution in [3.63, 3.8) is 0 Å². The van der Waals surface area contributed by atoms with Crippen molar-refractivity contribution in [2.75, 3.05) is 52.3 Å². The third kappa shape index (κ3) is 16.4. The molecule has 2 aliphatic heterocycles. The number of nitrogens with one attached hydrogen (secondary N) is 6. The lowest BCUT2D eigenvalue weighted by molar-refractivity contribution is -0.131. The van der Waals surface area contributed by atoms with Gasteiger partial charge in [-0.25, -0.2) is 24.7 Å². The number of alkyl halides is 1. The molecule has 0 saturated carbocycles. The minimum atomic E-state index is -0.903. The molecule has 0 aliphatic carbocycles. The molecule has 0 radical (unpaired) electrons. The van der Waals surface area contributed by atoms with E-state index in [1.54, 1.807) is 18.5 Å². The average Bonchev–Trinajstić information content (AvgIpc) is 4.09. The molecular formula is C58H62BrCl3N12O3. The summed E-state index contributed by atoms with van der Waals surface area (Å²) in [6, 6.07) is 33.3. The first-order valence-electron chi connectivity index (χ1n) is 25.7. The van der Waals surface area contributed by atoms with Crippen LogP contribution in [0.1, 0.15) is 56.6 Å². The Morgan fingerprint density at radius 3 is 1.57 bits per heavy atom. The molecule has 0 unspecified atom stereocenters. The molecule has 6 heterocycles. The molecule has 4 aromatic heterocycles. The fraction of sp³-hybridized carbons (Fsp3) is 0.276. The second kappa shape index (κ2) is 28.5. The van der Waals surface area contributed by atoms with Crippen LogP contribution >= 0.6 is 50.9 Å². The van der Waals surface area contributed by atoms with Gasteiger partial charge in [0.1, 0.15) is 0 Å². The van der Waals surface area contributed by atoms with Gasteiger partial charge in [-0.1, -0.05) is 125 Å². The summed E-state index contributed by atoms with van der Waals surface area (Å²) in [7, 11) is 0. The Hall–Kier alpha value is -6.79. The number of hydrogen-bond acceptors (Lipinski definition) is 11. The number of halogens is 4. The summed E-state index contributed by atoms with van der Waals surface area (Å²) >= 11 is 21.6. The van der Waals surface area contributed by atoms with Gasteiger partial charge in [-0.15, -0.1) is 0 Å². The number of carbonyl (C=O) groups is 2. The Balaban J connectivity index is 0.000000183. The van der Waals surface area contributed by atoms with Crippen LogP contribution in [0.4, 0.5) is 23.3 Å². The van der Waals surface area contributed by atoms with Crippen LogP contribution < -0.4 is 20.8 Å². The minimum absolute atomic E-state index is 0.0842. The molecule has 15 nitrogen and oxygen atoms in total. The summed E-state index contributed by atoms with van der Waals surface area (Å²) in [4.78, 5) is 54.2. The van der Waals surface area contributed by atoms with E-state index in [1.807, 2.05) is 79.1 Å². The number of likely N-dealkylation sites (tertiary alicyclic amines) is 2. The molecule has 19 heteroatoms. The largest absolute Gasteiger partial charge is 0.478 e. The van der Waals surface area contributed by atoms with Gasteiger partial charge >= 0.3 is 5.97 Å². The van der Waals surface area contributed by atoms with Gasteiger partial charge in [-0.2, -0.15) is 0 Å². The van der Waals surface area contributed by atoms with Gasteiger partial charge in [0.2, 0.25) is 17.8 Å². The molecule has 8 aromatic rings. The molecule has 0 atom stereocenters. The number of nitrogens with zero attached hydrogens (tertiary/aromatic N) is 6. The molecule has 2 saturated heterocycles. The SMILES string of the molecule is CCC/C=C/C(=O)Nc1ccc(CN2CCC(Nc3ncc(Cl)c(-c4c[nH]c5ccccc45)n3)CC2)cc1.ClNc1ccc(CN2CCC(Nc3ncc(Cl)c(-c4c[nH]c5ccccc45)n3)CC2)cc1.O=C(O)/C=C/CBr. The highest BCUT2D eigenvalue weighted by Gasteiger charge is 2.23. The van der Waals surface area contributed by atoms with Gasteiger partial charge in [0.25, 0.3) is 0 Å². The number of aromatic amines is 2. The maximum atomic E-state index is 12.0. The van der Waals surface area contributed by atoms with Crippen molar-refractivity contribution >= 4 is 108 Å². The van der Waals surface area contributed by atoms with Crippen LogP contribution in [0.15, 0.2) is 146 Å². The number of unbranched alkanes of at least 4 members (excludes halogenated alkanes) is 1. The number of piperidine rings is 2. The summed E-state index contributed by atoms with van der Waals surface area (Å²) < 4.78 is 0. The number of benzene rings is 4. The number of amides is 1. The molecule has 2 fully saturated rings. The molecular weight excluding hydrogens is 1100 g/mol. The van der Waals surface area contributed by atoms with E-state index in [0.717, 1.165) is 140 Å². The lowest BCUT2D eigenvalue weighted by Gasteiger charge is -2.32. The number of carbonyl (C=O) groups excluding carboxylic acids is 1. The second-order valence-corrected chi connectivity index (χ2v) is 20.4. The maximum absolute atomic E-state index is 12.0. The number of aliphatic carboxylic acids is 1. The van der Waals surface area contributed by atoms with E-state index in [0.29, 0.717) is 39.4 Å². The van der Waals surface area contributed by atoms with Crippen LogP contribution in [-0.2, 0) is 22.7 Å². The summed E-state index contributed by atoms with van der Waals surface area (Å²) in [5.74, 6) is 0.242. The second-order valence-electron chi connectivity index (χ2n) is 18.7. The number of rotatable bonds is 17. The predicted molar refractivity (Wildman–Crippen MR) is 318 cm³/mol. The van der Waals surface area contributed by atoms with Crippen LogP contribution in [0, 0.1) is 0 Å². The first-order chi connectivity index (χ1) is 37.5. The van der Waals surface area contributed by atoms with Crippen LogP contribution in [0.3, 0.4) is 0 Å². The predicted octanol–water partition coefficient (Wildman–Crippen LogP) is 13.6. The zero-order valence-electron chi connectivity index (χ0n) is 42.7. The molecule has 4 aromatic carbocycles. The van der Waals surface area contributed by atoms with E-state index < -0.39 is 5.97 Å². The Kier molecular flexibility index (Phi) is 20.9. The number of hydrogen-bond donors (Lipinski definition) is 7. The molecule has 0 bridgehead atoms. The van der Waals surface area contributed by atoms with Gasteiger partial charge < -0.3 is 31.0 Å². The van der Waals surface area contributed by atoms with Crippen molar-refractivity contribution in [3.8, 4) is 22.5 Å². The monoisotopic (exact) mass is 1160 g/mol. The fourth-order valence-corrected chi connectivity index (χ4v) is 9.89. The third-order valence-electron chi connectivity index (χ3n) is 13.2.